The normalized spacial score (nSPS) is 10.4. The Balaban J connectivity index is 2.29. The molecule has 0 saturated heterocycles. The number of hydrogen-bond acceptors (Lipinski definition) is 4. The second kappa shape index (κ2) is 5.66. The average Bonchev–Trinajstić information content (AvgIpc) is 2.82. The fourth-order valence-electron chi connectivity index (χ4n) is 1.32. The van der Waals surface area contributed by atoms with Crippen LogP contribution < -0.4 is 0 Å². The number of rotatable bonds is 3. The van der Waals surface area contributed by atoms with Crippen LogP contribution in [0.15, 0.2) is 18.2 Å². The van der Waals surface area contributed by atoms with Crippen molar-refractivity contribution >= 4 is 40.2 Å². The molecule has 2 rings (SSSR count). The van der Waals surface area contributed by atoms with Crippen LogP contribution in [-0.2, 0) is 4.74 Å². The second-order valence-corrected chi connectivity index (χ2v) is 4.93. The Hall–Kier alpha value is -1.15. The standard InChI is InChI=1S/C11H9ClIN3O2/c1-2-18-11(17)10-14-9(15-16-10)6-3-4-8(13)7(12)5-6/h3-5H,2H2,1H3,(H,14,15,16). The van der Waals surface area contributed by atoms with Crippen LogP contribution in [0.2, 0.25) is 5.02 Å². The topological polar surface area (TPSA) is 67.9 Å². The van der Waals surface area contributed by atoms with Crippen LogP contribution in [0.25, 0.3) is 11.4 Å². The van der Waals surface area contributed by atoms with Crippen LogP contribution in [0.1, 0.15) is 17.5 Å². The van der Waals surface area contributed by atoms with Crippen molar-refractivity contribution in [3.8, 4) is 11.4 Å². The quantitative estimate of drug-likeness (QED) is 0.660. The molecule has 1 heterocycles. The number of nitrogens with one attached hydrogen (secondary N) is 1. The first-order valence-corrected chi connectivity index (χ1v) is 6.62. The van der Waals surface area contributed by atoms with E-state index in [1.807, 2.05) is 12.1 Å². The van der Waals surface area contributed by atoms with Gasteiger partial charge >= 0.3 is 5.97 Å². The number of hydrogen-bond donors (Lipinski definition) is 1. The lowest BCUT2D eigenvalue weighted by atomic mass is 10.2. The number of nitrogens with zero attached hydrogens (tertiary/aromatic N) is 2. The number of carbonyl (C=O) groups excluding carboxylic acids is 1. The van der Waals surface area contributed by atoms with E-state index in [2.05, 4.69) is 37.8 Å². The molecular formula is C11H9ClIN3O2. The maximum Gasteiger partial charge on any atom is 0.375 e. The van der Waals surface area contributed by atoms with Crippen molar-refractivity contribution in [3.05, 3.63) is 32.6 Å². The fraction of sp³-hybridized carbons (Fsp3) is 0.182. The molecule has 0 spiro atoms. The Bertz CT molecular complexity index is 585. The van der Waals surface area contributed by atoms with E-state index < -0.39 is 5.97 Å². The molecule has 18 heavy (non-hydrogen) atoms. The van der Waals surface area contributed by atoms with Crippen molar-refractivity contribution < 1.29 is 9.53 Å². The number of carbonyl (C=O) groups is 1. The van der Waals surface area contributed by atoms with Gasteiger partial charge in [-0.25, -0.2) is 9.78 Å². The third-order valence-corrected chi connectivity index (χ3v) is 3.70. The van der Waals surface area contributed by atoms with Gasteiger partial charge in [0.2, 0.25) is 5.82 Å². The first kappa shape index (κ1) is 13.3. The molecule has 1 aromatic carbocycles. The van der Waals surface area contributed by atoms with Crippen LogP contribution in [0, 0.1) is 3.57 Å². The molecule has 0 aliphatic carbocycles. The largest absolute Gasteiger partial charge is 0.460 e. The Kier molecular flexibility index (Phi) is 4.18. The molecule has 0 unspecified atom stereocenters. The lowest BCUT2D eigenvalue weighted by Gasteiger charge is -1.98. The summed E-state index contributed by atoms with van der Waals surface area (Å²) in [5.74, 6) is -0.0225. The lowest BCUT2D eigenvalue weighted by molar-refractivity contribution is 0.0512. The van der Waals surface area contributed by atoms with Crippen LogP contribution >= 0.6 is 34.2 Å². The summed E-state index contributed by atoms with van der Waals surface area (Å²) in [5.41, 5.74) is 0.743. The molecule has 0 saturated carbocycles. The zero-order valence-electron chi connectivity index (χ0n) is 9.41. The monoisotopic (exact) mass is 377 g/mol. The minimum Gasteiger partial charge on any atom is -0.460 e. The zero-order chi connectivity index (χ0) is 13.1. The Morgan fingerprint density at radius 1 is 1.56 bits per heavy atom. The molecular weight excluding hydrogens is 368 g/mol. The number of benzene rings is 1. The zero-order valence-corrected chi connectivity index (χ0v) is 12.3. The highest BCUT2D eigenvalue weighted by Gasteiger charge is 2.14. The maximum atomic E-state index is 11.4. The Labute approximate surface area is 122 Å². The molecule has 7 heteroatoms. The van der Waals surface area contributed by atoms with Gasteiger partial charge in [0, 0.05) is 9.13 Å². The second-order valence-electron chi connectivity index (χ2n) is 3.36. The molecule has 94 valence electrons. The molecule has 0 atom stereocenters. The maximum absolute atomic E-state index is 11.4. The summed E-state index contributed by atoms with van der Waals surface area (Å²) in [6.07, 6.45) is 0. The molecule has 5 nitrogen and oxygen atoms in total. The van der Waals surface area contributed by atoms with Gasteiger partial charge in [-0.05, 0) is 47.7 Å². The van der Waals surface area contributed by atoms with Crippen LogP contribution in [0.4, 0.5) is 0 Å². The molecule has 0 amide bonds. The summed E-state index contributed by atoms with van der Waals surface area (Å²) in [4.78, 5) is 15.5. The number of H-pyrrole nitrogens is 1. The minimum absolute atomic E-state index is 0.0847. The van der Waals surface area contributed by atoms with Crippen molar-refractivity contribution in [2.75, 3.05) is 6.61 Å². The van der Waals surface area contributed by atoms with Crippen molar-refractivity contribution in [3.63, 3.8) is 0 Å². The van der Waals surface area contributed by atoms with E-state index >= 15 is 0 Å². The van der Waals surface area contributed by atoms with Gasteiger partial charge in [-0.3, -0.25) is 5.10 Å². The first-order chi connectivity index (χ1) is 8.61. The summed E-state index contributed by atoms with van der Waals surface area (Å²) in [6, 6.07) is 5.45. The first-order valence-electron chi connectivity index (χ1n) is 5.16. The fourth-order valence-corrected chi connectivity index (χ4v) is 1.83. The van der Waals surface area contributed by atoms with Gasteiger partial charge in [0.15, 0.2) is 5.82 Å². The summed E-state index contributed by atoms with van der Waals surface area (Å²) in [6.45, 7) is 2.03. The van der Waals surface area contributed by atoms with E-state index in [1.54, 1.807) is 13.0 Å². The van der Waals surface area contributed by atoms with Crippen LogP contribution in [0.3, 0.4) is 0 Å². The smallest absolute Gasteiger partial charge is 0.375 e. The molecule has 0 fully saturated rings. The number of aromatic nitrogens is 3. The third kappa shape index (κ3) is 2.81. The van der Waals surface area contributed by atoms with Crippen molar-refractivity contribution in [2.24, 2.45) is 0 Å². The predicted octanol–water partition coefficient (Wildman–Crippen LogP) is 2.91. The van der Waals surface area contributed by atoms with E-state index in [9.17, 15) is 4.79 Å². The van der Waals surface area contributed by atoms with Crippen molar-refractivity contribution in [1.82, 2.24) is 15.2 Å². The lowest BCUT2D eigenvalue weighted by Crippen LogP contribution is -2.06. The Morgan fingerprint density at radius 3 is 3.00 bits per heavy atom. The molecule has 1 N–H and O–H groups in total. The van der Waals surface area contributed by atoms with Gasteiger partial charge in [0.1, 0.15) is 0 Å². The van der Waals surface area contributed by atoms with Gasteiger partial charge in [0.25, 0.3) is 0 Å². The van der Waals surface area contributed by atoms with Crippen molar-refractivity contribution in [1.29, 1.82) is 0 Å². The summed E-state index contributed by atoms with van der Waals surface area (Å²) >= 11 is 8.15. The molecule has 0 radical (unpaired) electrons. The third-order valence-electron chi connectivity index (χ3n) is 2.13. The minimum atomic E-state index is -0.521. The van der Waals surface area contributed by atoms with E-state index in [4.69, 9.17) is 16.3 Å². The number of ether oxygens (including phenoxy) is 1. The van der Waals surface area contributed by atoms with Gasteiger partial charge in [0.05, 0.1) is 11.6 Å². The summed E-state index contributed by atoms with van der Waals surface area (Å²) in [5, 5.41) is 7.13. The molecule has 1 aromatic heterocycles. The average molecular weight is 378 g/mol. The summed E-state index contributed by atoms with van der Waals surface area (Å²) in [7, 11) is 0. The van der Waals surface area contributed by atoms with Crippen LogP contribution in [-0.4, -0.2) is 27.8 Å². The Morgan fingerprint density at radius 2 is 2.33 bits per heavy atom. The number of aromatic amines is 1. The van der Waals surface area contributed by atoms with Crippen LogP contribution in [0.5, 0.6) is 0 Å². The van der Waals surface area contributed by atoms with Gasteiger partial charge in [-0.1, -0.05) is 11.6 Å². The highest BCUT2D eigenvalue weighted by molar-refractivity contribution is 14.1. The molecule has 2 aromatic rings. The van der Waals surface area contributed by atoms with Gasteiger partial charge < -0.3 is 4.74 Å². The predicted molar refractivity (Wildman–Crippen MR) is 75.5 cm³/mol. The van der Waals surface area contributed by atoms with Gasteiger partial charge in [-0.2, -0.15) is 5.10 Å². The van der Waals surface area contributed by atoms with E-state index in [-0.39, 0.29) is 5.82 Å². The SMILES string of the molecule is CCOC(=O)c1nc(-c2ccc(I)c(Cl)c2)n[nH]1. The van der Waals surface area contributed by atoms with Crippen molar-refractivity contribution in [2.45, 2.75) is 6.92 Å². The number of esters is 1. The van der Waals surface area contributed by atoms with E-state index in [1.165, 1.54) is 0 Å². The highest BCUT2D eigenvalue weighted by atomic mass is 127. The molecule has 0 aliphatic rings. The molecule has 0 bridgehead atoms. The van der Waals surface area contributed by atoms with E-state index in [0.29, 0.717) is 17.5 Å². The van der Waals surface area contributed by atoms with E-state index in [0.717, 1.165) is 9.13 Å². The molecule has 0 aliphatic heterocycles. The highest BCUT2D eigenvalue weighted by Crippen LogP contribution is 2.24. The van der Waals surface area contributed by atoms with Gasteiger partial charge in [-0.15, -0.1) is 0 Å². The number of halogens is 2. The summed E-state index contributed by atoms with van der Waals surface area (Å²) < 4.78 is 5.76.